The van der Waals surface area contributed by atoms with Gasteiger partial charge in [-0.15, -0.1) is 0 Å². The van der Waals surface area contributed by atoms with Crippen LogP contribution in [0.3, 0.4) is 0 Å². The zero-order valence-corrected chi connectivity index (χ0v) is 14.3. The first-order valence-electron chi connectivity index (χ1n) is 8.16. The molecular formula is C20H18FNO4. The second-order valence-corrected chi connectivity index (χ2v) is 5.52. The number of rotatable bonds is 7. The van der Waals surface area contributed by atoms with Gasteiger partial charge in [-0.2, -0.15) is 0 Å². The number of carbonyl (C=O) groups excluding carboxylic acids is 1. The fourth-order valence-electron chi connectivity index (χ4n) is 2.44. The van der Waals surface area contributed by atoms with Crippen LogP contribution in [-0.2, 0) is 4.74 Å². The molecule has 0 saturated heterocycles. The molecule has 6 heteroatoms. The van der Waals surface area contributed by atoms with Crippen molar-refractivity contribution in [2.75, 3.05) is 20.3 Å². The highest BCUT2D eigenvalue weighted by molar-refractivity contribution is 5.94. The first-order chi connectivity index (χ1) is 12.7. The van der Waals surface area contributed by atoms with Gasteiger partial charge in [0.1, 0.15) is 17.3 Å². The van der Waals surface area contributed by atoms with Crippen molar-refractivity contribution in [3.05, 3.63) is 66.1 Å². The predicted molar refractivity (Wildman–Crippen MR) is 95.1 cm³/mol. The van der Waals surface area contributed by atoms with Crippen molar-refractivity contribution in [2.24, 2.45) is 0 Å². The number of para-hydroxylation sites is 1. The van der Waals surface area contributed by atoms with Crippen LogP contribution in [0.5, 0.6) is 11.5 Å². The molecule has 3 aromatic rings. The maximum Gasteiger partial charge on any atom is 0.356 e. The van der Waals surface area contributed by atoms with Gasteiger partial charge in [0, 0.05) is 17.9 Å². The van der Waals surface area contributed by atoms with Gasteiger partial charge in [-0.3, -0.25) is 0 Å². The summed E-state index contributed by atoms with van der Waals surface area (Å²) in [6.45, 7) is 0.828. The minimum atomic E-state index is -0.575. The first kappa shape index (κ1) is 17.7. The number of benzene rings is 2. The molecule has 134 valence electrons. The van der Waals surface area contributed by atoms with E-state index in [2.05, 4.69) is 4.98 Å². The molecule has 0 radical (unpaired) electrons. The zero-order chi connectivity index (χ0) is 18.4. The van der Waals surface area contributed by atoms with Crippen LogP contribution in [0.2, 0.25) is 0 Å². The number of fused-ring (bicyclic) bond motifs is 1. The van der Waals surface area contributed by atoms with Gasteiger partial charge in [0.25, 0.3) is 0 Å². The third kappa shape index (κ3) is 4.27. The van der Waals surface area contributed by atoms with Crippen LogP contribution in [0, 0.1) is 5.82 Å². The lowest BCUT2D eigenvalue weighted by molar-refractivity contribution is 0.0594. The molecule has 0 aliphatic carbocycles. The van der Waals surface area contributed by atoms with Crippen LogP contribution in [0.25, 0.3) is 10.9 Å². The molecule has 0 atom stereocenters. The fourth-order valence-corrected chi connectivity index (χ4v) is 2.44. The summed E-state index contributed by atoms with van der Waals surface area (Å²) in [6, 6.07) is 15.1. The number of aromatic nitrogens is 1. The van der Waals surface area contributed by atoms with Crippen LogP contribution in [0.4, 0.5) is 4.39 Å². The SMILES string of the molecule is COC(=O)c1cc(OCCCOc2ccccc2)c2cc(F)ccc2n1. The fraction of sp³-hybridized carbons (Fsp3) is 0.200. The van der Waals surface area contributed by atoms with Crippen LogP contribution in [-0.4, -0.2) is 31.3 Å². The molecule has 0 spiro atoms. The summed E-state index contributed by atoms with van der Waals surface area (Å²) in [6.07, 6.45) is 0.627. The number of ether oxygens (including phenoxy) is 3. The van der Waals surface area contributed by atoms with Crippen molar-refractivity contribution < 1.29 is 23.4 Å². The zero-order valence-electron chi connectivity index (χ0n) is 14.3. The third-order valence-corrected chi connectivity index (χ3v) is 3.69. The monoisotopic (exact) mass is 355 g/mol. The Morgan fingerprint density at radius 1 is 1.04 bits per heavy atom. The Balaban J connectivity index is 1.69. The number of halogens is 1. The highest BCUT2D eigenvalue weighted by atomic mass is 19.1. The molecule has 1 aromatic heterocycles. The van der Waals surface area contributed by atoms with Gasteiger partial charge in [0.05, 0.1) is 25.8 Å². The quantitative estimate of drug-likeness (QED) is 0.473. The maximum absolute atomic E-state index is 13.6. The second kappa shape index (κ2) is 8.29. The van der Waals surface area contributed by atoms with Gasteiger partial charge >= 0.3 is 5.97 Å². The third-order valence-electron chi connectivity index (χ3n) is 3.69. The number of methoxy groups -OCH3 is 1. The Kier molecular flexibility index (Phi) is 5.63. The van der Waals surface area contributed by atoms with E-state index in [1.165, 1.54) is 31.4 Å². The summed E-state index contributed by atoms with van der Waals surface area (Å²) in [5.41, 5.74) is 0.576. The highest BCUT2D eigenvalue weighted by Crippen LogP contribution is 2.27. The predicted octanol–water partition coefficient (Wildman–Crippen LogP) is 4.01. The molecule has 0 bridgehead atoms. The molecule has 2 aromatic carbocycles. The average Bonchev–Trinajstić information content (AvgIpc) is 2.67. The lowest BCUT2D eigenvalue weighted by atomic mass is 10.1. The van der Waals surface area contributed by atoms with Gasteiger partial charge in [0.2, 0.25) is 0 Å². The van der Waals surface area contributed by atoms with E-state index in [-0.39, 0.29) is 5.69 Å². The van der Waals surface area contributed by atoms with Gasteiger partial charge < -0.3 is 14.2 Å². The van der Waals surface area contributed by atoms with Crippen LogP contribution < -0.4 is 9.47 Å². The van der Waals surface area contributed by atoms with Crippen LogP contribution >= 0.6 is 0 Å². The molecule has 0 aliphatic rings. The molecule has 0 fully saturated rings. The van der Waals surface area contributed by atoms with E-state index in [1.807, 2.05) is 30.3 Å². The smallest absolute Gasteiger partial charge is 0.356 e. The number of hydrogen-bond donors (Lipinski definition) is 0. The lowest BCUT2D eigenvalue weighted by Crippen LogP contribution is -2.08. The Bertz CT molecular complexity index is 899. The molecule has 1 heterocycles. The van der Waals surface area contributed by atoms with E-state index in [1.54, 1.807) is 0 Å². The minimum absolute atomic E-state index is 0.113. The van der Waals surface area contributed by atoms with E-state index in [9.17, 15) is 9.18 Å². The second-order valence-electron chi connectivity index (χ2n) is 5.52. The number of hydrogen-bond acceptors (Lipinski definition) is 5. The van der Waals surface area contributed by atoms with E-state index in [0.717, 1.165) is 5.75 Å². The molecule has 0 unspecified atom stereocenters. The lowest BCUT2D eigenvalue weighted by Gasteiger charge is -2.11. The van der Waals surface area contributed by atoms with Gasteiger partial charge in [-0.1, -0.05) is 18.2 Å². The molecule has 26 heavy (non-hydrogen) atoms. The summed E-state index contributed by atoms with van der Waals surface area (Å²) in [5.74, 6) is 0.197. The molecule has 0 N–H and O–H groups in total. The van der Waals surface area contributed by atoms with Gasteiger partial charge in [-0.05, 0) is 30.3 Å². The normalized spacial score (nSPS) is 10.5. The summed E-state index contributed by atoms with van der Waals surface area (Å²) < 4.78 is 29.6. The van der Waals surface area contributed by atoms with Crippen molar-refractivity contribution >= 4 is 16.9 Å². The van der Waals surface area contributed by atoms with Crippen molar-refractivity contribution in [1.82, 2.24) is 4.98 Å². The molecule has 5 nitrogen and oxygen atoms in total. The number of pyridine rings is 1. The topological polar surface area (TPSA) is 57.7 Å². The summed E-state index contributed by atoms with van der Waals surface area (Å²) in [4.78, 5) is 16.0. The number of nitrogens with zero attached hydrogens (tertiary/aromatic N) is 1. The highest BCUT2D eigenvalue weighted by Gasteiger charge is 2.14. The van der Waals surface area contributed by atoms with Crippen molar-refractivity contribution in [2.45, 2.75) is 6.42 Å². The maximum atomic E-state index is 13.6. The van der Waals surface area contributed by atoms with E-state index in [4.69, 9.17) is 14.2 Å². The van der Waals surface area contributed by atoms with E-state index in [0.29, 0.717) is 36.3 Å². The van der Waals surface area contributed by atoms with Crippen molar-refractivity contribution in [1.29, 1.82) is 0 Å². The first-order valence-corrected chi connectivity index (χ1v) is 8.16. The molecule has 3 rings (SSSR count). The Hall–Kier alpha value is -3.15. The Morgan fingerprint density at radius 2 is 1.81 bits per heavy atom. The summed E-state index contributed by atoms with van der Waals surface area (Å²) in [5, 5.41) is 0.502. The molecule has 0 aliphatic heterocycles. The summed E-state index contributed by atoms with van der Waals surface area (Å²) in [7, 11) is 1.28. The largest absolute Gasteiger partial charge is 0.493 e. The minimum Gasteiger partial charge on any atom is -0.493 e. The molecule has 0 amide bonds. The van der Waals surface area contributed by atoms with Crippen LogP contribution in [0.15, 0.2) is 54.6 Å². The van der Waals surface area contributed by atoms with Gasteiger partial charge in [-0.25, -0.2) is 14.2 Å². The average molecular weight is 355 g/mol. The van der Waals surface area contributed by atoms with E-state index < -0.39 is 11.8 Å². The summed E-state index contributed by atoms with van der Waals surface area (Å²) >= 11 is 0. The Morgan fingerprint density at radius 3 is 2.58 bits per heavy atom. The van der Waals surface area contributed by atoms with Crippen molar-refractivity contribution in [3.63, 3.8) is 0 Å². The van der Waals surface area contributed by atoms with Crippen molar-refractivity contribution in [3.8, 4) is 11.5 Å². The molecular weight excluding hydrogens is 337 g/mol. The number of carbonyl (C=O) groups is 1. The molecule has 0 saturated carbocycles. The Labute approximate surface area is 150 Å². The number of esters is 1. The van der Waals surface area contributed by atoms with E-state index >= 15 is 0 Å². The van der Waals surface area contributed by atoms with Crippen LogP contribution in [0.1, 0.15) is 16.9 Å². The van der Waals surface area contributed by atoms with Gasteiger partial charge in [0.15, 0.2) is 5.69 Å². The standard InChI is InChI=1S/C20H18FNO4/c1-24-20(23)18-13-19(16-12-14(21)8-9-17(16)22-18)26-11-5-10-25-15-6-3-2-4-7-15/h2-4,6-9,12-13H,5,10-11H2,1H3.